The van der Waals surface area contributed by atoms with Crippen molar-refractivity contribution in [3.8, 4) is 0 Å². The minimum atomic E-state index is -3.59. The monoisotopic (exact) mass is 346 g/mol. The lowest BCUT2D eigenvalue weighted by Crippen LogP contribution is -2.53. The highest BCUT2D eigenvalue weighted by molar-refractivity contribution is 7.86. The Kier molecular flexibility index (Phi) is 5.85. The Morgan fingerprint density at radius 1 is 1.36 bits per heavy atom. The second kappa shape index (κ2) is 7.27. The van der Waals surface area contributed by atoms with E-state index >= 15 is 0 Å². The van der Waals surface area contributed by atoms with E-state index < -0.39 is 10.2 Å². The first-order valence-electron chi connectivity index (χ1n) is 7.44. The van der Waals surface area contributed by atoms with Crippen LogP contribution in [-0.4, -0.2) is 48.4 Å². The van der Waals surface area contributed by atoms with Crippen LogP contribution < -0.4 is 0 Å². The number of aliphatic hydroxyl groups is 1. The van der Waals surface area contributed by atoms with Gasteiger partial charge >= 0.3 is 0 Å². The first kappa shape index (κ1) is 17.7. The highest BCUT2D eigenvalue weighted by atomic mass is 35.5. The molecule has 1 N–H and O–H groups in total. The first-order chi connectivity index (χ1) is 10.4. The Morgan fingerprint density at radius 3 is 2.59 bits per heavy atom. The van der Waals surface area contributed by atoms with Gasteiger partial charge in [0.2, 0.25) is 0 Å². The van der Waals surface area contributed by atoms with Crippen LogP contribution in [0.3, 0.4) is 0 Å². The minimum Gasteiger partial charge on any atom is -0.395 e. The first-order valence-corrected chi connectivity index (χ1v) is 9.22. The molecule has 22 heavy (non-hydrogen) atoms. The predicted molar refractivity (Wildman–Crippen MR) is 87.8 cm³/mol. The van der Waals surface area contributed by atoms with Crippen molar-refractivity contribution in [1.82, 2.24) is 8.61 Å². The van der Waals surface area contributed by atoms with Crippen molar-refractivity contribution >= 4 is 21.8 Å². The average Bonchev–Trinajstić information content (AvgIpc) is 2.49. The van der Waals surface area contributed by atoms with Gasteiger partial charge < -0.3 is 5.11 Å². The van der Waals surface area contributed by atoms with Gasteiger partial charge in [-0.05, 0) is 36.5 Å². The molecule has 2 atom stereocenters. The summed E-state index contributed by atoms with van der Waals surface area (Å²) in [5, 5.41) is 10.2. The molecule has 1 aliphatic heterocycles. The van der Waals surface area contributed by atoms with Gasteiger partial charge in [-0.15, -0.1) is 0 Å². The molecule has 2 unspecified atom stereocenters. The van der Waals surface area contributed by atoms with E-state index in [1.54, 1.807) is 19.2 Å². The normalized spacial score (nSPS) is 23.9. The fourth-order valence-corrected chi connectivity index (χ4v) is 4.65. The lowest BCUT2D eigenvalue weighted by molar-refractivity contribution is 0.108. The summed E-state index contributed by atoms with van der Waals surface area (Å²) < 4.78 is 28.3. The third kappa shape index (κ3) is 3.81. The molecule has 1 aromatic rings. The van der Waals surface area contributed by atoms with Crippen LogP contribution in [0.5, 0.6) is 0 Å². The van der Waals surface area contributed by atoms with Crippen LogP contribution in [0.25, 0.3) is 0 Å². The molecule has 0 spiro atoms. The summed E-state index contributed by atoms with van der Waals surface area (Å²) in [6, 6.07) is 6.78. The quantitative estimate of drug-likeness (QED) is 0.888. The zero-order valence-corrected chi connectivity index (χ0v) is 14.5. The van der Waals surface area contributed by atoms with Gasteiger partial charge in [-0.3, -0.25) is 0 Å². The zero-order valence-electron chi connectivity index (χ0n) is 12.9. The summed E-state index contributed by atoms with van der Waals surface area (Å²) in [7, 11) is -2.02. The largest absolute Gasteiger partial charge is 0.395 e. The van der Waals surface area contributed by atoms with Gasteiger partial charge in [0, 0.05) is 25.2 Å². The fourth-order valence-electron chi connectivity index (χ4n) is 2.88. The maximum absolute atomic E-state index is 12.8. The Hall–Kier alpha value is -0.660. The third-order valence-corrected chi connectivity index (χ3v) is 6.48. The van der Waals surface area contributed by atoms with Crippen LogP contribution in [-0.2, 0) is 16.8 Å². The van der Waals surface area contributed by atoms with E-state index in [0.29, 0.717) is 11.6 Å². The van der Waals surface area contributed by atoms with Crippen molar-refractivity contribution < 1.29 is 13.5 Å². The van der Waals surface area contributed by atoms with Crippen LogP contribution in [0.1, 0.15) is 25.3 Å². The summed E-state index contributed by atoms with van der Waals surface area (Å²) in [6.07, 6.45) is 1.77. The zero-order chi connectivity index (χ0) is 16.3. The molecule has 0 aliphatic carbocycles. The summed E-state index contributed by atoms with van der Waals surface area (Å²) >= 11 is 5.85. The lowest BCUT2D eigenvalue weighted by Gasteiger charge is -2.39. The van der Waals surface area contributed by atoms with E-state index in [9.17, 15) is 13.5 Å². The number of hydrogen-bond donors (Lipinski definition) is 1. The van der Waals surface area contributed by atoms with Gasteiger partial charge in [0.1, 0.15) is 0 Å². The van der Waals surface area contributed by atoms with Crippen molar-refractivity contribution in [2.45, 2.75) is 32.4 Å². The van der Waals surface area contributed by atoms with E-state index in [4.69, 9.17) is 11.6 Å². The Balaban J connectivity index is 2.15. The van der Waals surface area contributed by atoms with Crippen molar-refractivity contribution in [2.24, 2.45) is 5.92 Å². The smallest absolute Gasteiger partial charge is 0.282 e. The SMILES string of the molecule is CC1CCCN(S(=O)(=O)N(C)Cc2ccc(Cl)cc2)C1CO. The molecule has 2 rings (SSSR count). The molecule has 1 aromatic carbocycles. The molecule has 0 amide bonds. The molecule has 1 heterocycles. The molecule has 7 heteroatoms. The Bertz CT molecular complexity index is 591. The summed E-state index contributed by atoms with van der Waals surface area (Å²) in [5.41, 5.74) is 0.876. The highest BCUT2D eigenvalue weighted by Gasteiger charge is 2.37. The number of halogens is 1. The van der Waals surface area contributed by atoms with E-state index in [2.05, 4.69) is 0 Å². The Morgan fingerprint density at radius 2 is 2.00 bits per heavy atom. The van der Waals surface area contributed by atoms with Gasteiger partial charge in [0.15, 0.2) is 0 Å². The van der Waals surface area contributed by atoms with E-state index in [1.165, 1.54) is 8.61 Å². The molecule has 0 bridgehead atoms. The van der Waals surface area contributed by atoms with Crippen molar-refractivity contribution in [3.05, 3.63) is 34.9 Å². The minimum absolute atomic E-state index is 0.144. The molecule has 0 saturated carbocycles. The average molecular weight is 347 g/mol. The molecule has 1 aliphatic rings. The van der Waals surface area contributed by atoms with Crippen molar-refractivity contribution in [2.75, 3.05) is 20.2 Å². The highest BCUT2D eigenvalue weighted by Crippen LogP contribution is 2.27. The number of nitrogens with zero attached hydrogens (tertiary/aromatic N) is 2. The third-order valence-electron chi connectivity index (χ3n) is 4.26. The summed E-state index contributed by atoms with van der Waals surface area (Å²) in [6.45, 7) is 2.59. The molecular weight excluding hydrogens is 324 g/mol. The number of rotatable bonds is 5. The van der Waals surface area contributed by atoms with Gasteiger partial charge in [0.25, 0.3) is 10.2 Å². The fraction of sp³-hybridized carbons (Fsp3) is 0.600. The molecule has 1 saturated heterocycles. The second-order valence-electron chi connectivity index (χ2n) is 5.87. The van der Waals surface area contributed by atoms with Crippen LogP contribution in [0.4, 0.5) is 0 Å². The van der Waals surface area contributed by atoms with Crippen molar-refractivity contribution in [1.29, 1.82) is 0 Å². The van der Waals surface area contributed by atoms with Gasteiger partial charge in [0.05, 0.1) is 12.6 Å². The van der Waals surface area contributed by atoms with E-state index in [1.807, 2.05) is 19.1 Å². The molecular formula is C15H23ClN2O3S. The van der Waals surface area contributed by atoms with Crippen LogP contribution in [0, 0.1) is 5.92 Å². The number of piperidine rings is 1. The van der Waals surface area contributed by atoms with Gasteiger partial charge in [-0.25, -0.2) is 0 Å². The van der Waals surface area contributed by atoms with Gasteiger partial charge in [-0.2, -0.15) is 17.0 Å². The number of aliphatic hydroxyl groups excluding tert-OH is 1. The second-order valence-corrected chi connectivity index (χ2v) is 8.29. The lowest BCUT2D eigenvalue weighted by atomic mass is 9.93. The maximum atomic E-state index is 12.8. The van der Waals surface area contributed by atoms with Crippen molar-refractivity contribution in [3.63, 3.8) is 0 Å². The van der Waals surface area contributed by atoms with Crippen LogP contribution in [0.15, 0.2) is 24.3 Å². The predicted octanol–water partition coefficient (Wildman–Crippen LogP) is 2.11. The molecule has 0 radical (unpaired) electrons. The summed E-state index contributed by atoms with van der Waals surface area (Å²) in [4.78, 5) is 0. The van der Waals surface area contributed by atoms with Gasteiger partial charge in [-0.1, -0.05) is 30.7 Å². The van der Waals surface area contributed by atoms with Crippen LogP contribution in [0.2, 0.25) is 5.02 Å². The van der Waals surface area contributed by atoms with Crippen LogP contribution >= 0.6 is 11.6 Å². The molecule has 5 nitrogen and oxygen atoms in total. The van der Waals surface area contributed by atoms with E-state index in [-0.39, 0.29) is 25.1 Å². The molecule has 1 fully saturated rings. The number of hydrogen-bond acceptors (Lipinski definition) is 3. The maximum Gasteiger partial charge on any atom is 0.282 e. The topological polar surface area (TPSA) is 60.9 Å². The van der Waals surface area contributed by atoms with E-state index in [0.717, 1.165) is 18.4 Å². The Labute approximate surface area is 137 Å². The molecule has 0 aromatic heterocycles. The summed E-state index contributed by atoms with van der Waals surface area (Å²) in [5.74, 6) is 0.164. The molecule has 124 valence electrons. The standard InChI is InChI=1S/C15H23ClN2O3S/c1-12-4-3-9-18(15(12)11-19)22(20,21)17(2)10-13-5-7-14(16)8-6-13/h5-8,12,15,19H,3-4,9-11H2,1-2H3. The number of benzene rings is 1.